The molecule has 0 saturated heterocycles. The number of rotatable bonds is 3. The number of carbonyl (C=O) groups is 3. The number of aliphatic carboxylic acids is 2. The van der Waals surface area contributed by atoms with Gasteiger partial charge in [-0.05, 0) is 12.1 Å². The highest BCUT2D eigenvalue weighted by Crippen LogP contribution is 2.15. The highest BCUT2D eigenvalue weighted by molar-refractivity contribution is 6.04. The van der Waals surface area contributed by atoms with Gasteiger partial charge in [0.1, 0.15) is 0 Å². The maximum atomic E-state index is 10.9. The Hall–Kier alpha value is -3.09. The van der Waals surface area contributed by atoms with Gasteiger partial charge in [0.05, 0.1) is 11.1 Å². The highest BCUT2D eigenvalue weighted by atomic mass is 16.4. The van der Waals surface area contributed by atoms with Crippen LogP contribution in [0.1, 0.15) is 10.4 Å². The van der Waals surface area contributed by atoms with Crippen molar-refractivity contribution in [2.24, 2.45) is 5.73 Å². The maximum absolute atomic E-state index is 10.9. The number of nitrogens with one attached hydrogen (secondary N) is 1. The van der Waals surface area contributed by atoms with Crippen LogP contribution in [0.4, 0.5) is 0 Å². The van der Waals surface area contributed by atoms with E-state index in [1.807, 2.05) is 18.2 Å². The summed E-state index contributed by atoms with van der Waals surface area (Å²) in [6.07, 6.45) is 2.90. The molecule has 1 aromatic heterocycles. The predicted octanol–water partition coefficient (Wildman–Crippen LogP) is 0.979. The van der Waals surface area contributed by atoms with Crippen LogP contribution in [0.25, 0.3) is 10.9 Å². The van der Waals surface area contributed by atoms with E-state index in [2.05, 4.69) is 4.98 Å². The van der Waals surface area contributed by atoms with Gasteiger partial charge in [-0.15, -0.1) is 0 Å². The van der Waals surface area contributed by atoms with Gasteiger partial charge in [0.15, 0.2) is 0 Å². The van der Waals surface area contributed by atoms with E-state index in [4.69, 9.17) is 15.9 Å². The van der Waals surface area contributed by atoms with Gasteiger partial charge in [0.2, 0.25) is 0 Å². The van der Waals surface area contributed by atoms with Crippen molar-refractivity contribution < 1.29 is 24.6 Å². The minimum atomic E-state index is -1.26. The summed E-state index contributed by atoms with van der Waals surface area (Å²) in [5.41, 5.74) is 6.53. The van der Waals surface area contributed by atoms with Crippen molar-refractivity contribution in [3.63, 3.8) is 0 Å². The molecule has 0 atom stereocenters. The number of hydrogen-bond acceptors (Lipinski definition) is 3. The molecule has 0 spiro atoms. The van der Waals surface area contributed by atoms with Crippen LogP contribution >= 0.6 is 0 Å². The van der Waals surface area contributed by atoms with E-state index in [1.54, 1.807) is 12.3 Å². The Bertz CT molecular complexity index is 656. The van der Waals surface area contributed by atoms with Gasteiger partial charge >= 0.3 is 11.9 Å². The number of carboxylic acid groups (broad SMARTS) is 2. The number of para-hydroxylation sites is 1. The van der Waals surface area contributed by atoms with E-state index in [-0.39, 0.29) is 0 Å². The summed E-state index contributed by atoms with van der Waals surface area (Å²) in [4.78, 5) is 33.0. The number of carbonyl (C=O) groups excluding carboxylic acids is 1. The number of benzene rings is 1. The number of hydrogen-bond donors (Lipinski definition) is 4. The average Bonchev–Trinajstić information content (AvgIpc) is 2.84. The molecular formula is C13H12N2O5. The van der Waals surface area contributed by atoms with Crippen molar-refractivity contribution >= 4 is 28.7 Å². The standard InChI is InChI=1S/C9H8N2O.C4H4O4/c10-9(12)7-3-1-2-6-4-5-11-8(6)7;5-3(6)1-2-4(7)8/h1-5,11H,(H2,10,12);1-2H,(H,5,6)(H,7,8)/b;2-1+. The third-order valence-corrected chi connectivity index (χ3v) is 2.22. The molecule has 7 nitrogen and oxygen atoms in total. The third kappa shape index (κ3) is 4.30. The molecule has 0 saturated carbocycles. The molecule has 0 fully saturated rings. The quantitative estimate of drug-likeness (QED) is 0.620. The van der Waals surface area contributed by atoms with Gasteiger partial charge in [-0.25, -0.2) is 9.59 Å². The Morgan fingerprint density at radius 2 is 1.65 bits per heavy atom. The van der Waals surface area contributed by atoms with E-state index in [0.29, 0.717) is 17.7 Å². The first-order chi connectivity index (χ1) is 9.41. The van der Waals surface area contributed by atoms with Crippen LogP contribution in [-0.4, -0.2) is 33.0 Å². The van der Waals surface area contributed by atoms with Gasteiger partial charge in [0, 0.05) is 23.7 Å². The zero-order valence-electron chi connectivity index (χ0n) is 10.2. The number of primary amides is 1. The molecule has 0 aliphatic carbocycles. The van der Waals surface area contributed by atoms with E-state index in [1.165, 1.54) is 0 Å². The summed E-state index contributed by atoms with van der Waals surface area (Å²) in [5.74, 6) is -2.91. The molecule has 0 bridgehead atoms. The topological polar surface area (TPSA) is 133 Å². The molecule has 0 aliphatic rings. The number of amides is 1. The van der Waals surface area contributed by atoms with Crippen molar-refractivity contribution in [2.75, 3.05) is 0 Å². The minimum Gasteiger partial charge on any atom is -0.478 e. The van der Waals surface area contributed by atoms with Crippen molar-refractivity contribution in [1.82, 2.24) is 4.98 Å². The lowest BCUT2D eigenvalue weighted by atomic mass is 10.1. The monoisotopic (exact) mass is 276 g/mol. The molecule has 5 N–H and O–H groups in total. The Kier molecular flexibility index (Phi) is 5.04. The third-order valence-electron chi connectivity index (χ3n) is 2.22. The first-order valence-electron chi connectivity index (χ1n) is 5.41. The first kappa shape index (κ1) is 15.0. The maximum Gasteiger partial charge on any atom is 0.328 e. The van der Waals surface area contributed by atoms with Crippen LogP contribution in [0.2, 0.25) is 0 Å². The Labute approximate surface area is 113 Å². The van der Waals surface area contributed by atoms with Crippen LogP contribution < -0.4 is 5.73 Å². The molecule has 1 aromatic carbocycles. The highest BCUT2D eigenvalue weighted by Gasteiger charge is 2.05. The summed E-state index contributed by atoms with van der Waals surface area (Å²) in [7, 11) is 0. The second kappa shape index (κ2) is 6.74. The normalized spacial score (nSPS) is 10.0. The van der Waals surface area contributed by atoms with Gasteiger partial charge in [-0.1, -0.05) is 12.1 Å². The van der Waals surface area contributed by atoms with Crippen LogP contribution in [-0.2, 0) is 9.59 Å². The second-order valence-corrected chi connectivity index (χ2v) is 3.62. The molecule has 104 valence electrons. The Morgan fingerprint density at radius 1 is 1.05 bits per heavy atom. The molecule has 0 aliphatic heterocycles. The molecule has 7 heteroatoms. The summed E-state index contributed by atoms with van der Waals surface area (Å²) in [6.45, 7) is 0. The fraction of sp³-hybridized carbons (Fsp3) is 0. The van der Waals surface area contributed by atoms with Crippen molar-refractivity contribution in [1.29, 1.82) is 0 Å². The number of aromatic amines is 1. The summed E-state index contributed by atoms with van der Waals surface area (Å²) in [5, 5.41) is 16.6. The summed E-state index contributed by atoms with van der Waals surface area (Å²) in [6, 6.07) is 7.36. The van der Waals surface area contributed by atoms with E-state index in [9.17, 15) is 14.4 Å². The van der Waals surface area contributed by atoms with Gasteiger partial charge in [-0.2, -0.15) is 0 Å². The van der Waals surface area contributed by atoms with Gasteiger partial charge in [-0.3, -0.25) is 4.79 Å². The molecule has 20 heavy (non-hydrogen) atoms. The second-order valence-electron chi connectivity index (χ2n) is 3.62. The van der Waals surface area contributed by atoms with Gasteiger partial charge in [0.25, 0.3) is 5.91 Å². The molecule has 2 aromatic rings. The summed E-state index contributed by atoms with van der Waals surface area (Å²) < 4.78 is 0. The molecule has 1 heterocycles. The zero-order valence-corrected chi connectivity index (χ0v) is 10.2. The van der Waals surface area contributed by atoms with Gasteiger partial charge < -0.3 is 20.9 Å². The SMILES string of the molecule is NC(=O)c1cccc2cc[nH]c12.O=C(O)/C=C/C(=O)O. The van der Waals surface area contributed by atoms with Crippen molar-refractivity contribution in [2.45, 2.75) is 0 Å². The fourth-order valence-electron chi connectivity index (χ4n) is 1.43. The lowest BCUT2D eigenvalue weighted by Gasteiger charge is -1.96. The Balaban J connectivity index is 0.000000221. The smallest absolute Gasteiger partial charge is 0.328 e. The lowest BCUT2D eigenvalue weighted by molar-refractivity contribution is -0.134. The number of carboxylic acids is 2. The minimum absolute atomic E-state index is 0.400. The molecule has 0 radical (unpaired) electrons. The molecule has 1 amide bonds. The molecular weight excluding hydrogens is 264 g/mol. The molecule has 2 rings (SSSR count). The zero-order chi connectivity index (χ0) is 15.1. The van der Waals surface area contributed by atoms with Crippen LogP contribution in [0.3, 0.4) is 0 Å². The average molecular weight is 276 g/mol. The number of fused-ring (bicyclic) bond motifs is 1. The van der Waals surface area contributed by atoms with Crippen LogP contribution in [0.15, 0.2) is 42.6 Å². The first-order valence-corrected chi connectivity index (χ1v) is 5.41. The van der Waals surface area contributed by atoms with E-state index >= 15 is 0 Å². The van der Waals surface area contributed by atoms with E-state index in [0.717, 1.165) is 10.9 Å². The van der Waals surface area contributed by atoms with E-state index < -0.39 is 17.8 Å². The predicted molar refractivity (Wildman–Crippen MR) is 71.2 cm³/mol. The van der Waals surface area contributed by atoms with Crippen LogP contribution in [0.5, 0.6) is 0 Å². The molecule has 0 unspecified atom stereocenters. The number of aromatic nitrogens is 1. The van der Waals surface area contributed by atoms with Crippen molar-refractivity contribution in [3.8, 4) is 0 Å². The van der Waals surface area contributed by atoms with Crippen molar-refractivity contribution in [3.05, 3.63) is 48.2 Å². The lowest BCUT2D eigenvalue weighted by Crippen LogP contribution is -2.11. The largest absolute Gasteiger partial charge is 0.478 e. The fourth-order valence-corrected chi connectivity index (χ4v) is 1.43. The van der Waals surface area contributed by atoms with Crippen LogP contribution in [0, 0.1) is 0 Å². The number of nitrogens with two attached hydrogens (primary N) is 1. The summed E-state index contributed by atoms with van der Waals surface area (Å²) >= 11 is 0. The number of H-pyrrole nitrogens is 1. The Morgan fingerprint density at radius 3 is 2.15 bits per heavy atom.